The standard InChI is InChI=1S/C20H17BrN6/c21-16-13-25-20(26-19(16)22)27(12-9-15-7-1-2-10-23-15)17-8-3-5-14-6-4-11-24-18(14)17/h1-8,10-11,13H,9,12H2,(H2,22,25,26). The topological polar surface area (TPSA) is 80.8 Å². The van der Waals surface area contributed by atoms with Crippen LogP contribution in [0.25, 0.3) is 10.9 Å². The average molecular weight is 421 g/mol. The van der Waals surface area contributed by atoms with Gasteiger partial charge >= 0.3 is 0 Å². The summed E-state index contributed by atoms with van der Waals surface area (Å²) in [7, 11) is 0. The van der Waals surface area contributed by atoms with Crippen LogP contribution in [-0.2, 0) is 6.42 Å². The molecular formula is C20H17BrN6. The maximum atomic E-state index is 6.00. The largest absolute Gasteiger partial charge is 0.383 e. The summed E-state index contributed by atoms with van der Waals surface area (Å²) < 4.78 is 0.673. The van der Waals surface area contributed by atoms with Gasteiger partial charge in [-0.05, 0) is 40.2 Å². The Morgan fingerprint density at radius 2 is 1.78 bits per heavy atom. The molecule has 0 unspecified atom stereocenters. The molecule has 0 bridgehead atoms. The molecule has 2 N–H and O–H groups in total. The van der Waals surface area contributed by atoms with Gasteiger partial charge < -0.3 is 10.6 Å². The number of pyridine rings is 2. The Hall–Kier alpha value is -3.06. The number of hydrogen-bond donors (Lipinski definition) is 1. The number of halogens is 1. The van der Waals surface area contributed by atoms with E-state index in [0.717, 1.165) is 28.7 Å². The lowest BCUT2D eigenvalue weighted by Gasteiger charge is -2.24. The zero-order chi connectivity index (χ0) is 18.6. The van der Waals surface area contributed by atoms with Crippen LogP contribution in [0.5, 0.6) is 0 Å². The van der Waals surface area contributed by atoms with Crippen LogP contribution in [0.15, 0.2) is 71.6 Å². The Labute approximate surface area is 165 Å². The second-order valence-corrected chi connectivity index (χ2v) is 6.83. The molecule has 0 saturated carbocycles. The first-order chi connectivity index (χ1) is 13.2. The van der Waals surface area contributed by atoms with E-state index in [9.17, 15) is 0 Å². The maximum absolute atomic E-state index is 6.00. The van der Waals surface area contributed by atoms with Crippen molar-refractivity contribution < 1.29 is 0 Å². The van der Waals surface area contributed by atoms with Gasteiger partial charge in [-0.15, -0.1) is 0 Å². The fourth-order valence-electron chi connectivity index (χ4n) is 2.91. The molecule has 0 aliphatic carbocycles. The van der Waals surface area contributed by atoms with Crippen molar-refractivity contribution in [2.24, 2.45) is 0 Å². The van der Waals surface area contributed by atoms with Gasteiger partial charge in [0, 0.05) is 42.6 Å². The number of hydrogen-bond acceptors (Lipinski definition) is 6. The van der Waals surface area contributed by atoms with Crippen LogP contribution in [0.3, 0.4) is 0 Å². The van der Waals surface area contributed by atoms with Gasteiger partial charge in [0.25, 0.3) is 0 Å². The summed E-state index contributed by atoms with van der Waals surface area (Å²) in [5, 5.41) is 1.06. The number of fused-ring (bicyclic) bond motifs is 1. The van der Waals surface area contributed by atoms with Gasteiger partial charge in [0.05, 0.1) is 15.7 Å². The van der Waals surface area contributed by atoms with Crippen molar-refractivity contribution in [1.82, 2.24) is 19.9 Å². The van der Waals surface area contributed by atoms with Crippen LogP contribution in [0.2, 0.25) is 0 Å². The number of anilines is 3. The third-order valence-electron chi connectivity index (χ3n) is 4.22. The molecule has 4 aromatic rings. The molecular weight excluding hydrogens is 404 g/mol. The molecule has 0 aliphatic heterocycles. The van der Waals surface area contributed by atoms with E-state index in [1.165, 1.54) is 0 Å². The van der Waals surface area contributed by atoms with Gasteiger partial charge in [-0.2, -0.15) is 4.98 Å². The monoisotopic (exact) mass is 420 g/mol. The summed E-state index contributed by atoms with van der Waals surface area (Å²) in [5.41, 5.74) is 8.83. The Bertz CT molecular complexity index is 1060. The third kappa shape index (κ3) is 3.73. The van der Waals surface area contributed by atoms with Crippen molar-refractivity contribution in [1.29, 1.82) is 0 Å². The van der Waals surface area contributed by atoms with Crippen molar-refractivity contribution in [2.45, 2.75) is 6.42 Å². The summed E-state index contributed by atoms with van der Waals surface area (Å²) in [6.07, 6.45) is 6.00. The van der Waals surface area contributed by atoms with Crippen LogP contribution in [0, 0.1) is 0 Å². The second-order valence-electron chi connectivity index (χ2n) is 5.98. The molecule has 6 nitrogen and oxygen atoms in total. The van der Waals surface area contributed by atoms with Crippen LogP contribution in [0.1, 0.15) is 5.69 Å². The lowest BCUT2D eigenvalue weighted by atomic mass is 10.1. The van der Waals surface area contributed by atoms with Crippen molar-refractivity contribution in [3.63, 3.8) is 0 Å². The van der Waals surface area contributed by atoms with Gasteiger partial charge in [0.15, 0.2) is 0 Å². The zero-order valence-corrected chi connectivity index (χ0v) is 16.0. The summed E-state index contributed by atoms with van der Waals surface area (Å²) in [4.78, 5) is 20.0. The Kier molecular flexibility index (Phi) is 4.93. The van der Waals surface area contributed by atoms with Crippen molar-refractivity contribution >= 4 is 44.3 Å². The lowest BCUT2D eigenvalue weighted by molar-refractivity contribution is 0.854. The highest BCUT2D eigenvalue weighted by Gasteiger charge is 2.17. The van der Waals surface area contributed by atoms with Gasteiger partial charge in [-0.1, -0.05) is 24.3 Å². The van der Waals surface area contributed by atoms with Crippen LogP contribution in [-0.4, -0.2) is 26.5 Å². The minimum absolute atomic E-state index is 0.399. The molecule has 134 valence electrons. The first-order valence-electron chi connectivity index (χ1n) is 8.51. The lowest BCUT2D eigenvalue weighted by Crippen LogP contribution is -2.23. The van der Waals surface area contributed by atoms with E-state index in [1.807, 2.05) is 53.4 Å². The molecule has 0 aliphatic rings. The second kappa shape index (κ2) is 7.67. The Balaban J connectivity index is 1.78. The van der Waals surface area contributed by atoms with Crippen molar-refractivity contribution in [2.75, 3.05) is 17.2 Å². The fourth-order valence-corrected chi connectivity index (χ4v) is 3.10. The van der Waals surface area contributed by atoms with E-state index in [-0.39, 0.29) is 0 Å². The van der Waals surface area contributed by atoms with Crippen LogP contribution in [0.4, 0.5) is 17.5 Å². The molecule has 0 amide bonds. The molecule has 7 heteroatoms. The van der Waals surface area contributed by atoms with E-state index in [0.29, 0.717) is 22.8 Å². The van der Waals surface area contributed by atoms with Crippen molar-refractivity contribution in [3.05, 3.63) is 77.3 Å². The number of aromatic nitrogens is 4. The molecule has 0 atom stereocenters. The van der Waals surface area contributed by atoms with E-state index >= 15 is 0 Å². The average Bonchev–Trinajstić information content (AvgIpc) is 2.71. The number of nitrogens with zero attached hydrogens (tertiary/aromatic N) is 5. The molecule has 3 heterocycles. The smallest absolute Gasteiger partial charge is 0.231 e. The van der Waals surface area contributed by atoms with Gasteiger partial charge in [-0.25, -0.2) is 4.98 Å². The van der Waals surface area contributed by atoms with Crippen molar-refractivity contribution in [3.8, 4) is 0 Å². The van der Waals surface area contributed by atoms with Gasteiger partial charge in [0.2, 0.25) is 5.95 Å². The number of benzene rings is 1. The first kappa shape index (κ1) is 17.4. The Morgan fingerprint density at radius 1 is 0.926 bits per heavy atom. The number of nitrogens with two attached hydrogens (primary N) is 1. The predicted octanol–water partition coefficient (Wildman–Crippen LogP) is 4.15. The van der Waals surface area contributed by atoms with Gasteiger partial charge in [0.1, 0.15) is 5.82 Å². The third-order valence-corrected chi connectivity index (χ3v) is 4.83. The number of nitrogen functional groups attached to an aromatic ring is 1. The highest BCUT2D eigenvalue weighted by molar-refractivity contribution is 9.10. The molecule has 4 rings (SSSR count). The molecule has 0 spiro atoms. The first-order valence-corrected chi connectivity index (χ1v) is 9.31. The van der Waals surface area contributed by atoms with E-state index in [4.69, 9.17) is 5.73 Å². The summed E-state index contributed by atoms with van der Waals surface area (Å²) in [6, 6.07) is 16.0. The molecule has 27 heavy (non-hydrogen) atoms. The van der Waals surface area contributed by atoms with Gasteiger partial charge in [-0.3, -0.25) is 9.97 Å². The molecule has 0 radical (unpaired) electrons. The summed E-state index contributed by atoms with van der Waals surface area (Å²) in [6.45, 7) is 0.647. The van der Waals surface area contributed by atoms with Crippen LogP contribution < -0.4 is 10.6 Å². The SMILES string of the molecule is Nc1nc(N(CCc2ccccn2)c2cccc3cccnc23)ncc1Br. The molecule has 0 fully saturated rings. The molecule has 3 aromatic heterocycles. The highest BCUT2D eigenvalue weighted by Crippen LogP contribution is 2.30. The minimum Gasteiger partial charge on any atom is -0.383 e. The quantitative estimate of drug-likeness (QED) is 0.522. The number of para-hydroxylation sites is 1. The minimum atomic E-state index is 0.399. The fraction of sp³-hybridized carbons (Fsp3) is 0.100. The van der Waals surface area contributed by atoms with Crippen LogP contribution >= 0.6 is 15.9 Å². The maximum Gasteiger partial charge on any atom is 0.231 e. The summed E-state index contributed by atoms with van der Waals surface area (Å²) in [5.74, 6) is 0.931. The predicted molar refractivity (Wildman–Crippen MR) is 111 cm³/mol. The van der Waals surface area contributed by atoms with E-state index < -0.39 is 0 Å². The normalized spacial score (nSPS) is 10.9. The number of rotatable bonds is 5. The highest BCUT2D eigenvalue weighted by atomic mass is 79.9. The zero-order valence-electron chi connectivity index (χ0n) is 14.5. The summed E-state index contributed by atoms with van der Waals surface area (Å²) >= 11 is 3.36. The molecule has 0 saturated heterocycles. The van der Waals surface area contributed by atoms with E-state index in [1.54, 1.807) is 18.6 Å². The van der Waals surface area contributed by atoms with E-state index in [2.05, 4.69) is 35.9 Å². The Morgan fingerprint density at radius 3 is 2.59 bits per heavy atom. The molecule has 1 aromatic carbocycles.